The van der Waals surface area contributed by atoms with E-state index < -0.39 is 0 Å². The molecule has 84 valence electrons. The third kappa shape index (κ3) is 3.24. The van der Waals surface area contributed by atoms with Crippen LogP contribution < -0.4 is 5.32 Å². The van der Waals surface area contributed by atoms with Crippen LogP contribution in [-0.4, -0.2) is 22.2 Å². The van der Waals surface area contributed by atoms with Crippen molar-refractivity contribution >= 4 is 27.3 Å². The molecule has 2 rings (SSSR count). The molecule has 0 aliphatic heterocycles. The molecule has 5 heteroatoms. The SMILES string of the molecule is O[C@H]1CCCC[C@@H]1NCc1csc(Br)n1. The minimum Gasteiger partial charge on any atom is -0.392 e. The predicted molar refractivity (Wildman–Crippen MR) is 64.9 cm³/mol. The number of hydrogen-bond acceptors (Lipinski definition) is 4. The summed E-state index contributed by atoms with van der Waals surface area (Å²) < 4.78 is 0.920. The number of rotatable bonds is 3. The van der Waals surface area contributed by atoms with Crippen LogP contribution in [0.25, 0.3) is 0 Å². The van der Waals surface area contributed by atoms with Crippen LogP contribution in [0.5, 0.6) is 0 Å². The zero-order chi connectivity index (χ0) is 10.7. The molecule has 0 spiro atoms. The van der Waals surface area contributed by atoms with Crippen molar-refractivity contribution in [1.82, 2.24) is 10.3 Å². The van der Waals surface area contributed by atoms with Crippen LogP contribution in [0.1, 0.15) is 31.4 Å². The van der Waals surface area contributed by atoms with Gasteiger partial charge in [0.2, 0.25) is 0 Å². The lowest BCUT2D eigenvalue weighted by atomic mass is 9.92. The second-order valence-electron chi connectivity index (χ2n) is 3.93. The lowest BCUT2D eigenvalue weighted by Gasteiger charge is -2.28. The van der Waals surface area contributed by atoms with Crippen molar-refractivity contribution in [1.29, 1.82) is 0 Å². The topological polar surface area (TPSA) is 45.1 Å². The van der Waals surface area contributed by atoms with Gasteiger partial charge in [0.05, 0.1) is 11.8 Å². The van der Waals surface area contributed by atoms with E-state index in [2.05, 4.69) is 26.2 Å². The highest BCUT2D eigenvalue weighted by molar-refractivity contribution is 9.11. The Hall–Kier alpha value is 0.0300. The molecule has 0 unspecified atom stereocenters. The molecule has 1 aliphatic carbocycles. The fourth-order valence-electron chi connectivity index (χ4n) is 1.95. The molecule has 1 aromatic heterocycles. The molecule has 1 saturated carbocycles. The molecule has 15 heavy (non-hydrogen) atoms. The largest absolute Gasteiger partial charge is 0.392 e. The van der Waals surface area contributed by atoms with Gasteiger partial charge in [-0.2, -0.15) is 0 Å². The summed E-state index contributed by atoms with van der Waals surface area (Å²) in [6.45, 7) is 0.754. The van der Waals surface area contributed by atoms with Gasteiger partial charge < -0.3 is 10.4 Å². The Labute approximate surface area is 102 Å². The summed E-state index contributed by atoms with van der Waals surface area (Å²) in [4.78, 5) is 4.31. The van der Waals surface area contributed by atoms with E-state index >= 15 is 0 Å². The van der Waals surface area contributed by atoms with Crippen molar-refractivity contribution in [3.8, 4) is 0 Å². The monoisotopic (exact) mass is 290 g/mol. The fraction of sp³-hybridized carbons (Fsp3) is 0.700. The highest BCUT2D eigenvalue weighted by Gasteiger charge is 2.22. The summed E-state index contributed by atoms with van der Waals surface area (Å²) in [6, 6.07) is 0.249. The molecule has 2 N–H and O–H groups in total. The molecule has 1 aromatic rings. The first-order chi connectivity index (χ1) is 7.25. The van der Waals surface area contributed by atoms with E-state index in [1.54, 1.807) is 11.3 Å². The standard InChI is InChI=1S/C10H15BrN2OS/c11-10-13-7(6-15-10)5-12-8-3-1-2-4-9(8)14/h6,8-9,12,14H,1-5H2/t8-,9-/m0/s1. The van der Waals surface area contributed by atoms with Crippen molar-refractivity contribution in [3.05, 3.63) is 15.0 Å². The minimum atomic E-state index is -0.180. The van der Waals surface area contributed by atoms with Gasteiger partial charge in [0.15, 0.2) is 3.92 Å². The van der Waals surface area contributed by atoms with Gasteiger partial charge in [-0.05, 0) is 28.8 Å². The van der Waals surface area contributed by atoms with Crippen LogP contribution in [0.4, 0.5) is 0 Å². The smallest absolute Gasteiger partial charge is 0.159 e. The van der Waals surface area contributed by atoms with Gasteiger partial charge in [0, 0.05) is 18.0 Å². The number of hydrogen-bond donors (Lipinski definition) is 2. The van der Waals surface area contributed by atoms with E-state index in [0.717, 1.165) is 35.4 Å². The first kappa shape index (κ1) is 11.5. The van der Waals surface area contributed by atoms with Gasteiger partial charge in [0.25, 0.3) is 0 Å². The van der Waals surface area contributed by atoms with Crippen LogP contribution in [-0.2, 0) is 6.54 Å². The Kier molecular flexibility index (Phi) is 4.13. The Balaban J connectivity index is 1.81. The maximum Gasteiger partial charge on any atom is 0.159 e. The van der Waals surface area contributed by atoms with Gasteiger partial charge in [-0.15, -0.1) is 11.3 Å². The first-order valence-electron chi connectivity index (χ1n) is 5.27. The summed E-state index contributed by atoms with van der Waals surface area (Å²) in [6.07, 6.45) is 4.20. The molecule has 2 atom stereocenters. The summed E-state index contributed by atoms with van der Waals surface area (Å²) in [5, 5.41) is 15.2. The van der Waals surface area contributed by atoms with E-state index in [9.17, 15) is 5.11 Å². The zero-order valence-electron chi connectivity index (χ0n) is 8.45. The van der Waals surface area contributed by atoms with E-state index in [4.69, 9.17) is 0 Å². The minimum absolute atomic E-state index is 0.180. The maximum absolute atomic E-state index is 9.76. The number of aliphatic hydroxyl groups is 1. The first-order valence-corrected chi connectivity index (χ1v) is 6.94. The molecule has 0 bridgehead atoms. The molecule has 0 amide bonds. The van der Waals surface area contributed by atoms with Gasteiger partial charge in [0.1, 0.15) is 0 Å². The third-order valence-corrected chi connectivity index (χ3v) is 4.21. The number of nitrogens with zero attached hydrogens (tertiary/aromatic N) is 1. The fourth-order valence-corrected chi connectivity index (χ4v) is 3.00. The highest BCUT2D eigenvalue weighted by atomic mass is 79.9. The molecule has 1 fully saturated rings. The van der Waals surface area contributed by atoms with Gasteiger partial charge >= 0.3 is 0 Å². The molecule has 1 heterocycles. The van der Waals surface area contributed by atoms with Crippen LogP contribution in [0.3, 0.4) is 0 Å². The quantitative estimate of drug-likeness (QED) is 0.898. The normalized spacial score (nSPS) is 26.8. The lowest BCUT2D eigenvalue weighted by molar-refractivity contribution is 0.0901. The van der Waals surface area contributed by atoms with Gasteiger partial charge in [-0.25, -0.2) is 4.98 Å². The molecule has 1 aliphatic rings. The van der Waals surface area contributed by atoms with E-state index in [1.807, 2.05) is 5.38 Å². The third-order valence-electron chi connectivity index (χ3n) is 2.80. The lowest BCUT2D eigenvalue weighted by Crippen LogP contribution is -2.41. The summed E-state index contributed by atoms with van der Waals surface area (Å²) in [5.41, 5.74) is 1.05. The number of thiazole rings is 1. The van der Waals surface area contributed by atoms with Crippen LogP contribution in [0, 0.1) is 0 Å². The molecule has 0 radical (unpaired) electrons. The second-order valence-corrected chi connectivity index (χ2v) is 6.07. The zero-order valence-corrected chi connectivity index (χ0v) is 10.9. The van der Waals surface area contributed by atoms with Crippen molar-refractivity contribution in [2.75, 3.05) is 0 Å². The molecule has 0 aromatic carbocycles. The molecule has 0 saturated heterocycles. The van der Waals surface area contributed by atoms with Gasteiger partial charge in [-0.1, -0.05) is 12.8 Å². The second kappa shape index (κ2) is 5.39. The Bertz CT molecular complexity index is 318. The molecular weight excluding hydrogens is 276 g/mol. The number of aromatic nitrogens is 1. The average Bonchev–Trinajstić information content (AvgIpc) is 2.63. The summed E-state index contributed by atoms with van der Waals surface area (Å²) >= 11 is 4.94. The van der Waals surface area contributed by atoms with Crippen molar-refractivity contribution < 1.29 is 5.11 Å². The Morgan fingerprint density at radius 3 is 3.00 bits per heavy atom. The van der Waals surface area contributed by atoms with Crippen molar-refractivity contribution in [2.45, 2.75) is 44.4 Å². The van der Waals surface area contributed by atoms with Gasteiger partial charge in [-0.3, -0.25) is 0 Å². The predicted octanol–water partition coefficient (Wildman–Crippen LogP) is 2.30. The highest BCUT2D eigenvalue weighted by Crippen LogP contribution is 2.20. The van der Waals surface area contributed by atoms with E-state index in [1.165, 1.54) is 6.42 Å². The van der Waals surface area contributed by atoms with Crippen molar-refractivity contribution in [3.63, 3.8) is 0 Å². The number of halogens is 1. The van der Waals surface area contributed by atoms with Crippen LogP contribution in [0.15, 0.2) is 9.30 Å². The Morgan fingerprint density at radius 1 is 1.53 bits per heavy atom. The molecule has 3 nitrogen and oxygen atoms in total. The van der Waals surface area contributed by atoms with E-state index in [-0.39, 0.29) is 12.1 Å². The number of nitrogens with one attached hydrogen (secondary N) is 1. The Morgan fingerprint density at radius 2 is 2.33 bits per heavy atom. The van der Waals surface area contributed by atoms with Crippen LogP contribution in [0.2, 0.25) is 0 Å². The molecular formula is C10H15BrN2OS. The van der Waals surface area contributed by atoms with Crippen molar-refractivity contribution in [2.24, 2.45) is 0 Å². The maximum atomic E-state index is 9.76. The summed E-state index contributed by atoms with van der Waals surface area (Å²) in [7, 11) is 0. The van der Waals surface area contributed by atoms with E-state index in [0.29, 0.717) is 0 Å². The summed E-state index contributed by atoms with van der Waals surface area (Å²) in [5.74, 6) is 0. The number of aliphatic hydroxyl groups excluding tert-OH is 1. The van der Waals surface area contributed by atoms with Crippen LogP contribution >= 0.6 is 27.3 Å². The average molecular weight is 291 g/mol.